The summed E-state index contributed by atoms with van der Waals surface area (Å²) in [5.74, 6) is 0.943. The van der Waals surface area contributed by atoms with Gasteiger partial charge in [0.05, 0.1) is 17.9 Å². The van der Waals surface area contributed by atoms with E-state index in [4.69, 9.17) is 9.47 Å². The molecule has 0 fully saturated rings. The Labute approximate surface area is 216 Å². The van der Waals surface area contributed by atoms with E-state index < -0.39 is 5.97 Å². The molecule has 1 aromatic heterocycles. The molecule has 0 bridgehead atoms. The number of carbonyl (C=O) groups is 2. The van der Waals surface area contributed by atoms with Crippen molar-refractivity contribution in [3.63, 3.8) is 0 Å². The molecule has 2 aromatic carbocycles. The molecule has 0 atom stereocenters. The van der Waals surface area contributed by atoms with E-state index in [1.165, 1.54) is 17.3 Å². The lowest BCUT2D eigenvalue weighted by molar-refractivity contribution is -0.113. The van der Waals surface area contributed by atoms with Crippen molar-refractivity contribution in [3.05, 3.63) is 78.1 Å². The van der Waals surface area contributed by atoms with Crippen LogP contribution >= 0.6 is 11.8 Å². The summed E-state index contributed by atoms with van der Waals surface area (Å²) < 4.78 is 12.8. The van der Waals surface area contributed by atoms with Crippen LogP contribution in [0.5, 0.6) is 5.75 Å². The van der Waals surface area contributed by atoms with Crippen LogP contribution in [0.15, 0.2) is 66.3 Å². The summed E-state index contributed by atoms with van der Waals surface area (Å²) >= 11 is 1.28. The van der Waals surface area contributed by atoms with Crippen molar-refractivity contribution in [1.29, 1.82) is 0 Å². The van der Waals surface area contributed by atoms with Crippen LogP contribution in [0.4, 0.5) is 5.69 Å². The number of nitrogens with one attached hydrogen (secondary N) is 1. The van der Waals surface area contributed by atoms with E-state index in [-0.39, 0.29) is 23.7 Å². The predicted octanol–water partition coefficient (Wildman–Crippen LogP) is 5.25. The molecular weight excluding hydrogens is 476 g/mol. The van der Waals surface area contributed by atoms with Gasteiger partial charge in [-0.3, -0.25) is 9.36 Å². The van der Waals surface area contributed by atoms with Crippen LogP contribution < -0.4 is 10.1 Å². The normalized spacial score (nSPS) is 11.1. The maximum atomic E-state index is 12.5. The largest absolute Gasteiger partial charge is 0.486 e. The van der Waals surface area contributed by atoms with Gasteiger partial charge in [0.25, 0.3) is 0 Å². The minimum atomic E-state index is -0.394. The van der Waals surface area contributed by atoms with Crippen LogP contribution in [0.1, 0.15) is 49.4 Å². The zero-order chi connectivity index (χ0) is 26.1. The summed E-state index contributed by atoms with van der Waals surface area (Å²) in [6.45, 7) is 13.1. The van der Waals surface area contributed by atoms with Crippen molar-refractivity contribution in [2.45, 2.75) is 51.4 Å². The molecule has 190 valence electrons. The number of ether oxygens (including phenoxy) is 2. The Kier molecular flexibility index (Phi) is 9.30. The molecule has 1 N–H and O–H groups in total. The zero-order valence-electron chi connectivity index (χ0n) is 21.1. The van der Waals surface area contributed by atoms with Crippen LogP contribution in [-0.2, 0) is 28.1 Å². The van der Waals surface area contributed by atoms with Crippen LogP contribution in [0.2, 0.25) is 0 Å². The third kappa shape index (κ3) is 7.45. The van der Waals surface area contributed by atoms with E-state index in [9.17, 15) is 9.59 Å². The highest BCUT2D eigenvalue weighted by molar-refractivity contribution is 7.99. The Morgan fingerprint density at radius 3 is 2.39 bits per heavy atom. The topological polar surface area (TPSA) is 95.3 Å². The Balaban J connectivity index is 1.57. The van der Waals surface area contributed by atoms with E-state index >= 15 is 0 Å². The second kappa shape index (κ2) is 12.4. The summed E-state index contributed by atoms with van der Waals surface area (Å²) in [6.07, 6.45) is 1.75. The molecule has 0 aliphatic carbocycles. The summed E-state index contributed by atoms with van der Waals surface area (Å²) in [4.78, 5) is 24.2. The summed E-state index contributed by atoms with van der Waals surface area (Å²) in [7, 11) is 0. The average Bonchev–Trinajstić information content (AvgIpc) is 3.23. The number of hydrogen-bond donors (Lipinski definition) is 1. The summed E-state index contributed by atoms with van der Waals surface area (Å²) in [5.41, 5.74) is 2.33. The average molecular weight is 509 g/mol. The molecule has 0 aliphatic heterocycles. The van der Waals surface area contributed by atoms with Gasteiger partial charge in [0, 0.05) is 12.2 Å². The van der Waals surface area contributed by atoms with Crippen molar-refractivity contribution in [2.24, 2.45) is 0 Å². The van der Waals surface area contributed by atoms with Crippen molar-refractivity contribution in [1.82, 2.24) is 14.8 Å². The molecule has 36 heavy (non-hydrogen) atoms. The minimum absolute atomic E-state index is 0.0766. The van der Waals surface area contributed by atoms with E-state index in [0.717, 1.165) is 5.75 Å². The first kappa shape index (κ1) is 27.0. The summed E-state index contributed by atoms with van der Waals surface area (Å²) in [6, 6.07) is 14.6. The minimum Gasteiger partial charge on any atom is -0.486 e. The second-order valence-corrected chi connectivity index (χ2v) is 9.94. The van der Waals surface area contributed by atoms with Gasteiger partial charge >= 0.3 is 5.97 Å². The third-order valence-corrected chi connectivity index (χ3v) is 6.17. The van der Waals surface area contributed by atoms with Gasteiger partial charge in [0.15, 0.2) is 11.0 Å². The van der Waals surface area contributed by atoms with Crippen molar-refractivity contribution in [3.8, 4) is 5.75 Å². The lowest BCUT2D eigenvalue weighted by Crippen LogP contribution is -2.15. The first-order valence-corrected chi connectivity index (χ1v) is 12.7. The highest BCUT2D eigenvalue weighted by atomic mass is 32.2. The fourth-order valence-electron chi connectivity index (χ4n) is 3.28. The lowest BCUT2D eigenvalue weighted by Gasteiger charge is -2.19. The van der Waals surface area contributed by atoms with Gasteiger partial charge in [-0.1, -0.05) is 50.7 Å². The Bertz CT molecular complexity index is 1180. The third-order valence-electron chi connectivity index (χ3n) is 5.21. The number of aromatic nitrogens is 3. The molecule has 0 aliphatic rings. The number of esters is 1. The fourth-order valence-corrected chi connectivity index (χ4v) is 4.04. The number of carbonyl (C=O) groups excluding carboxylic acids is 2. The molecule has 0 unspecified atom stereocenters. The first-order chi connectivity index (χ1) is 17.2. The van der Waals surface area contributed by atoms with Gasteiger partial charge in [-0.2, -0.15) is 0 Å². The van der Waals surface area contributed by atoms with E-state index in [1.54, 1.807) is 37.3 Å². The molecule has 0 saturated heterocycles. The standard InChI is InChI=1S/C27H32N4O4S/c1-6-16-31-23(17-35-22-14-10-20(11-15-22)27(3,4)5)29-30-26(31)36-18-24(32)28-21-12-8-19(9-13-21)25(33)34-7-2/h6,8-15H,1,7,16-18H2,2-5H3,(H,28,32). The smallest absolute Gasteiger partial charge is 0.338 e. The highest BCUT2D eigenvalue weighted by Crippen LogP contribution is 2.25. The highest BCUT2D eigenvalue weighted by Gasteiger charge is 2.16. The number of rotatable bonds is 11. The van der Waals surface area contributed by atoms with E-state index in [0.29, 0.717) is 35.4 Å². The monoisotopic (exact) mass is 508 g/mol. The van der Waals surface area contributed by atoms with Crippen LogP contribution in [0.25, 0.3) is 0 Å². The first-order valence-electron chi connectivity index (χ1n) is 11.7. The predicted molar refractivity (Wildman–Crippen MR) is 141 cm³/mol. The maximum absolute atomic E-state index is 12.5. The molecule has 8 nitrogen and oxygen atoms in total. The molecule has 3 aromatic rings. The number of hydrogen-bond acceptors (Lipinski definition) is 7. The van der Waals surface area contributed by atoms with Gasteiger partial charge in [-0.05, 0) is 54.3 Å². The lowest BCUT2D eigenvalue weighted by atomic mass is 9.87. The van der Waals surface area contributed by atoms with E-state index in [2.05, 4.69) is 55.0 Å². The van der Waals surface area contributed by atoms with Crippen molar-refractivity contribution < 1.29 is 19.1 Å². The molecule has 0 radical (unpaired) electrons. The SMILES string of the molecule is C=CCn1c(COc2ccc(C(C)(C)C)cc2)nnc1SCC(=O)Nc1ccc(C(=O)OCC)cc1. The van der Waals surface area contributed by atoms with Crippen molar-refractivity contribution in [2.75, 3.05) is 17.7 Å². The zero-order valence-corrected chi connectivity index (χ0v) is 21.9. The molecular formula is C27H32N4O4S. The Hall–Kier alpha value is -3.59. The quantitative estimate of drug-likeness (QED) is 0.215. The number of nitrogens with zero attached hydrogens (tertiary/aromatic N) is 3. The number of allylic oxidation sites excluding steroid dienone is 1. The molecule has 9 heteroatoms. The number of benzene rings is 2. The second-order valence-electron chi connectivity index (χ2n) is 9.00. The van der Waals surface area contributed by atoms with Crippen LogP contribution in [0, 0.1) is 0 Å². The molecule has 0 saturated carbocycles. The molecule has 1 heterocycles. The van der Waals surface area contributed by atoms with Crippen LogP contribution in [0.3, 0.4) is 0 Å². The van der Waals surface area contributed by atoms with Crippen molar-refractivity contribution >= 4 is 29.3 Å². The molecule has 3 rings (SSSR count). The van der Waals surface area contributed by atoms with Gasteiger partial charge < -0.3 is 14.8 Å². The Morgan fingerprint density at radius 2 is 1.78 bits per heavy atom. The molecule has 0 spiro atoms. The number of anilines is 1. The van der Waals surface area contributed by atoms with Crippen LogP contribution in [-0.4, -0.2) is 39.0 Å². The fraction of sp³-hybridized carbons (Fsp3) is 0.333. The molecule has 1 amide bonds. The van der Waals surface area contributed by atoms with Gasteiger partial charge in [-0.15, -0.1) is 16.8 Å². The van der Waals surface area contributed by atoms with Gasteiger partial charge in [0.1, 0.15) is 12.4 Å². The number of thioether (sulfide) groups is 1. The Morgan fingerprint density at radius 1 is 1.08 bits per heavy atom. The van der Waals surface area contributed by atoms with Gasteiger partial charge in [0.2, 0.25) is 5.91 Å². The van der Waals surface area contributed by atoms with Gasteiger partial charge in [-0.25, -0.2) is 4.79 Å². The summed E-state index contributed by atoms with van der Waals surface area (Å²) in [5, 5.41) is 11.9. The number of amides is 1. The maximum Gasteiger partial charge on any atom is 0.338 e. The van der Waals surface area contributed by atoms with E-state index in [1.807, 2.05) is 16.7 Å².